The van der Waals surface area contributed by atoms with E-state index in [-0.39, 0.29) is 11.3 Å². The first-order chi connectivity index (χ1) is 15.3. The topological polar surface area (TPSA) is 70.8 Å². The summed E-state index contributed by atoms with van der Waals surface area (Å²) in [7, 11) is 0. The summed E-state index contributed by atoms with van der Waals surface area (Å²) >= 11 is 11.1. The molecule has 1 N–H and O–H groups in total. The van der Waals surface area contributed by atoms with Gasteiger partial charge in [0.2, 0.25) is 5.78 Å². The molecule has 1 unspecified atom stereocenters. The standard InChI is InChI=1S/C24H15BrClNO4S/c1-12-4-6-15(11-16(12)26)27-21(19-3-2-8-32-19)20(23(29)24(27)30)22(28)18-10-13-9-14(25)5-7-17(13)31-18/h2-11,21,29H,1H3. The molecule has 1 aliphatic heterocycles. The number of carbonyl (C=O) groups is 2. The number of furan rings is 1. The van der Waals surface area contributed by atoms with Gasteiger partial charge in [-0.3, -0.25) is 14.5 Å². The van der Waals surface area contributed by atoms with E-state index in [0.29, 0.717) is 16.3 Å². The van der Waals surface area contributed by atoms with Crippen LogP contribution in [0, 0.1) is 6.92 Å². The molecule has 8 heteroatoms. The fraction of sp³-hybridized carbons (Fsp3) is 0.0833. The third kappa shape index (κ3) is 3.37. The van der Waals surface area contributed by atoms with E-state index < -0.39 is 23.5 Å². The number of aryl methyl sites for hydroxylation is 1. The average molecular weight is 529 g/mol. The zero-order valence-corrected chi connectivity index (χ0v) is 19.8. The van der Waals surface area contributed by atoms with Crippen LogP contribution in [0.4, 0.5) is 5.69 Å². The number of aliphatic hydroxyl groups is 1. The second kappa shape index (κ2) is 7.92. The number of aliphatic hydroxyl groups excluding tert-OH is 1. The predicted molar refractivity (Wildman–Crippen MR) is 129 cm³/mol. The summed E-state index contributed by atoms with van der Waals surface area (Å²) in [5.74, 6) is -1.74. The van der Waals surface area contributed by atoms with Gasteiger partial charge in [0.05, 0.1) is 5.57 Å². The highest BCUT2D eigenvalue weighted by molar-refractivity contribution is 9.10. The Morgan fingerprint density at radius 3 is 2.72 bits per heavy atom. The summed E-state index contributed by atoms with van der Waals surface area (Å²) in [5, 5.41) is 13.9. The summed E-state index contributed by atoms with van der Waals surface area (Å²) < 4.78 is 6.61. The number of ketones is 1. The molecule has 0 aliphatic carbocycles. The quantitative estimate of drug-likeness (QED) is 0.289. The van der Waals surface area contributed by atoms with Gasteiger partial charge in [0.25, 0.3) is 5.91 Å². The number of fused-ring (bicyclic) bond motifs is 1. The van der Waals surface area contributed by atoms with Crippen LogP contribution in [0.5, 0.6) is 0 Å². The molecule has 5 rings (SSSR count). The van der Waals surface area contributed by atoms with Crippen molar-refractivity contribution in [2.24, 2.45) is 0 Å². The number of hydrogen-bond acceptors (Lipinski definition) is 5. The van der Waals surface area contributed by atoms with Gasteiger partial charge >= 0.3 is 0 Å². The highest BCUT2D eigenvalue weighted by atomic mass is 79.9. The van der Waals surface area contributed by atoms with Crippen molar-refractivity contribution in [2.75, 3.05) is 4.90 Å². The van der Waals surface area contributed by atoms with Crippen LogP contribution in [0.2, 0.25) is 5.02 Å². The Morgan fingerprint density at radius 2 is 2.00 bits per heavy atom. The molecule has 1 aliphatic rings. The van der Waals surface area contributed by atoms with E-state index in [9.17, 15) is 14.7 Å². The fourth-order valence-corrected chi connectivity index (χ4v) is 5.19. The summed E-state index contributed by atoms with van der Waals surface area (Å²) in [6.07, 6.45) is 0. The number of amides is 1. The summed E-state index contributed by atoms with van der Waals surface area (Å²) in [6, 6.07) is 15.1. The minimum Gasteiger partial charge on any atom is -0.503 e. The molecule has 2 aromatic heterocycles. The van der Waals surface area contributed by atoms with E-state index in [0.717, 1.165) is 20.3 Å². The van der Waals surface area contributed by atoms with Crippen molar-refractivity contribution in [2.45, 2.75) is 13.0 Å². The largest absolute Gasteiger partial charge is 0.503 e. The first-order valence-electron chi connectivity index (χ1n) is 9.65. The molecule has 0 radical (unpaired) electrons. The predicted octanol–water partition coefficient (Wildman–Crippen LogP) is 7.00. The Labute approximate surface area is 200 Å². The second-order valence-electron chi connectivity index (χ2n) is 7.41. The maximum Gasteiger partial charge on any atom is 0.294 e. The highest BCUT2D eigenvalue weighted by Gasteiger charge is 2.46. The molecule has 2 aromatic carbocycles. The van der Waals surface area contributed by atoms with E-state index in [2.05, 4.69) is 15.9 Å². The lowest BCUT2D eigenvalue weighted by molar-refractivity contribution is -0.117. The Balaban J connectivity index is 1.64. The van der Waals surface area contributed by atoms with Crippen molar-refractivity contribution in [3.05, 3.63) is 97.0 Å². The molecule has 1 amide bonds. The molecule has 0 fully saturated rings. The molecule has 3 heterocycles. The first kappa shape index (κ1) is 21.0. The Morgan fingerprint density at radius 1 is 1.19 bits per heavy atom. The lowest BCUT2D eigenvalue weighted by Crippen LogP contribution is -2.30. The van der Waals surface area contributed by atoms with Gasteiger partial charge in [0, 0.05) is 25.4 Å². The van der Waals surface area contributed by atoms with Crippen molar-refractivity contribution in [1.29, 1.82) is 0 Å². The van der Waals surface area contributed by atoms with Gasteiger partial charge in [-0.25, -0.2) is 0 Å². The maximum absolute atomic E-state index is 13.5. The van der Waals surface area contributed by atoms with E-state index >= 15 is 0 Å². The van der Waals surface area contributed by atoms with Gasteiger partial charge in [0.15, 0.2) is 11.5 Å². The van der Waals surface area contributed by atoms with Gasteiger partial charge in [-0.2, -0.15) is 0 Å². The Kier molecular flexibility index (Phi) is 5.20. The third-order valence-corrected chi connectivity index (χ3v) is 7.23. The van der Waals surface area contributed by atoms with Crippen molar-refractivity contribution in [1.82, 2.24) is 0 Å². The smallest absolute Gasteiger partial charge is 0.294 e. The molecule has 0 spiro atoms. The third-order valence-electron chi connectivity index (χ3n) is 5.40. The van der Waals surface area contributed by atoms with Gasteiger partial charge in [-0.1, -0.05) is 39.7 Å². The van der Waals surface area contributed by atoms with Gasteiger partial charge in [-0.15, -0.1) is 11.3 Å². The SMILES string of the molecule is Cc1ccc(N2C(=O)C(O)=C(C(=O)c3cc4cc(Br)ccc4o3)C2c2cccs2)cc1Cl. The van der Waals surface area contributed by atoms with E-state index in [1.165, 1.54) is 16.2 Å². The van der Waals surface area contributed by atoms with E-state index in [4.69, 9.17) is 16.0 Å². The molecular formula is C24H15BrClNO4S. The van der Waals surface area contributed by atoms with E-state index in [1.54, 1.807) is 30.3 Å². The van der Waals surface area contributed by atoms with Crippen LogP contribution in [0.15, 0.2) is 80.2 Å². The van der Waals surface area contributed by atoms with Crippen LogP contribution in [0.25, 0.3) is 11.0 Å². The van der Waals surface area contributed by atoms with Gasteiger partial charge in [-0.05, 0) is 60.3 Å². The summed E-state index contributed by atoms with van der Waals surface area (Å²) in [4.78, 5) is 28.8. The van der Waals surface area contributed by atoms with Crippen LogP contribution < -0.4 is 4.90 Å². The second-order valence-corrected chi connectivity index (χ2v) is 9.71. The van der Waals surface area contributed by atoms with Crippen molar-refractivity contribution in [3.63, 3.8) is 0 Å². The maximum atomic E-state index is 13.5. The number of hydrogen-bond donors (Lipinski definition) is 1. The molecular weight excluding hydrogens is 514 g/mol. The van der Waals surface area contributed by atoms with Crippen LogP contribution in [0.1, 0.15) is 27.0 Å². The fourth-order valence-electron chi connectivity index (χ4n) is 3.81. The molecule has 32 heavy (non-hydrogen) atoms. The van der Waals surface area contributed by atoms with Crippen LogP contribution in [0.3, 0.4) is 0 Å². The Hall–Kier alpha value is -2.87. The van der Waals surface area contributed by atoms with E-state index in [1.807, 2.05) is 36.6 Å². The number of Topliss-reactive ketones (excluding diaryl/α,β-unsaturated/α-hetero) is 1. The van der Waals surface area contributed by atoms with Crippen molar-refractivity contribution < 1.29 is 19.1 Å². The average Bonchev–Trinajstić information content (AvgIpc) is 3.49. The van der Waals surface area contributed by atoms with Crippen LogP contribution in [-0.4, -0.2) is 16.8 Å². The van der Waals surface area contributed by atoms with Crippen molar-refractivity contribution >= 4 is 67.2 Å². The first-order valence-corrected chi connectivity index (χ1v) is 11.7. The molecule has 5 nitrogen and oxygen atoms in total. The molecule has 0 bridgehead atoms. The number of halogens is 2. The number of anilines is 1. The number of carbonyl (C=O) groups excluding carboxylic acids is 2. The summed E-state index contributed by atoms with van der Waals surface area (Å²) in [6.45, 7) is 1.86. The monoisotopic (exact) mass is 527 g/mol. The van der Waals surface area contributed by atoms with Crippen LogP contribution >= 0.6 is 38.9 Å². The normalized spacial score (nSPS) is 16.4. The lowest BCUT2D eigenvalue weighted by atomic mass is 10.00. The van der Waals surface area contributed by atoms with Crippen molar-refractivity contribution in [3.8, 4) is 0 Å². The molecule has 4 aromatic rings. The zero-order chi connectivity index (χ0) is 22.6. The van der Waals surface area contributed by atoms with Gasteiger partial charge < -0.3 is 9.52 Å². The Bertz CT molecular complexity index is 1420. The molecule has 0 saturated carbocycles. The lowest BCUT2D eigenvalue weighted by Gasteiger charge is -2.26. The molecule has 1 atom stereocenters. The molecule has 160 valence electrons. The molecule has 0 saturated heterocycles. The minimum absolute atomic E-state index is 0.0210. The van der Waals surface area contributed by atoms with Gasteiger partial charge in [0.1, 0.15) is 11.6 Å². The number of benzene rings is 2. The minimum atomic E-state index is -0.797. The highest BCUT2D eigenvalue weighted by Crippen LogP contribution is 2.44. The number of rotatable bonds is 4. The number of nitrogens with zero attached hydrogens (tertiary/aromatic N) is 1. The number of thiophene rings is 1. The zero-order valence-electron chi connectivity index (χ0n) is 16.6. The summed E-state index contributed by atoms with van der Waals surface area (Å²) in [5.41, 5.74) is 1.87. The van der Waals surface area contributed by atoms with Crippen LogP contribution in [-0.2, 0) is 4.79 Å².